The number of rotatable bonds is 6. The number of halogens is 1. The fraction of sp³-hybridized carbons (Fsp3) is 0.636. The van der Waals surface area contributed by atoms with Crippen molar-refractivity contribution in [1.82, 2.24) is 4.90 Å². The van der Waals surface area contributed by atoms with Gasteiger partial charge in [0.15, 0.2) is 0 Å². The molecule has 2 N–H and O–H groups in total. The largest absolute Gasteiger partial charge is 0.328 e. The minimum Gasteiger partial charge on any atom is -0.328 e. The molecule has 1 unspecified atom stereocenters. The van der Waals surface area contributed by atoms with E-state index in [-0.39, 0.29) is 0 Å². The average Bonchev–Trinajstić information content (AvgIpc) is 2.60. The van der Waals surface area contributed by atoms with Gasteiger partial charge in [-0.3, -0.25) is 0 Å². The van der Waals surface area contributed by atoms with Gasteiger partial charge in [-0.05, 0) is 38.6 Å². The molecule has 0 amide bonds. The lowest BCUT2D eigenvalue weighted by atomic mass is 10.1. The zero-order valence-corrected chi connectivity index (χ0v) is 10.9. The zero-order valence-electron chi connectivity index (χ0n) is 9.37. The van der Waals surface area contributed by atoms with Crippen LogP contribution in [0, 0.1) is 0 Å². The highest BCUT2D eigenvalue weighted by Crippen LogP contribution is 2.22. The van der Waals surface area contributed by atoms with E-state index in [9.17, 15) is 0 Å². The van der Waals surface area contributed by atoms with Gasteiger partial charge in [-0.25, -0.2) is 0 Å². The predicted molar refractivity (Wildman–Crippen MR) is 68.5 cm³/mol. The van der Waals surface area contributed by atoms with Crippen molar-refractivity contribution in [3.05, 3.63) is 21.3 Å². The molecule has 0 fully saturated rings. The maximum atomic E-state index is 5.87. The van der Waals surface area contributed by atoms with Crippen LogP contribution in [-0.2, 0) is 6.54 Å². The molecule has 0 bridgehead atoms. The van der Waals surface area contributed by atoms with Crippen LogP contribution in [0.2, 0.25) is 4.34 Å². The summed E-state index contributed by atoms with van der Waals surface area (Å²) in [6.45, 7) is 4.14. The molecule has 15 heavy (non-hydrogen) atoms. The number of nitrogens with two attached hydrogens (primary N) is 1. The van der Waals surface area contributed by atoms with Crippen LogP contribution in [0.3, 0.4) is 0 Å². The number of hydrogen-bond donors (Lipinski definition) is 1. The van der Waals surface area contributed by atoms with Gasteiger partial charge < -0.3 is 10.6 Å². The molecule has 0 saturated heterocycles. The van der Waals surface area contributed by atoms with E-state index < -0.39 is 0 Å². The molecule has 4 heteroatoms. The third kappa shape index (κ3) is 4.98. The fourth-order valence-corrected chi connectivity index (χ4v) is 2.54. The third-order valence-electron chi connectivity index (χ3n) is 2.46. The Kier molecular flexibility index (Phi) is 5.61. The summed E-state index contributed by atoms with van der Waals surface area (Å²) in [4.78, 5) is 3.60. The molecule has 1 aromatic heterocycles. The lowest BCUT2D eigenvalue weighted by Gasteiger charge is -2.17. The van der Waals surface area contributed by atoms with Gasteiger partial charge in [0, 0.05) is 17.5 Å². The zero-order chi connectivity index (χ0) is 11.3. The summed E-state index contributed by atoms with van der Waals surface area (Å²) in [5, 5.41) is 0. The first-order valence-electron chi connectivity index (χ1n) is 5.30. The molecule has 0 radical (unpaired) electrons. The minimum atomic E-state index is 0.333. The van der Waals surface area contributed by atoms with E-state index in [1.54, 1.807) is 11.3 Å². The van der Waals surface area contributed by atoms with Gasteiger partial charge in [0.1, 0.15) is 0 Å². The maximum Gasteiger partial charge on any atom is 0.0931 e. The van der Waals surface area contributed by atoms with Gasteiger partial charge in [0.05, 0.1) is 4.34 Å². The van der Waals surface area contributed by atoms with E-state index >= 15 is 0 Å². The first-order valence-corrected chi connectivity index (χ1v) is 6.49. The molecular formula is C11H19ClN2S. The Morgan fingerprint density at radius 2 is 2.27 bits per heavy atom. The van der Waals surface area contributed by atoms with E-state index in [4.69, 9.17) is 17.3 Å². The molecule has 0 aromatic carbocycles. The van der Waals surface area contributed by atoms with Crippen molar-refractivity contribution in [2.45, 2.75) is 32.4 Å². The lowest BCUT2D eigenvalue weighted by Crippen LogP contribution is -2.27. The van der Waals surface area contributed by atoms with Gasteiger partial charge in [0.25, 0.3) is 0 Å². The molecule has 2 nitrogen and oxygen atoms in total. The molecule has 1 atom stereocenters. The SMILES string of the molecule is CCC(N)CCN(C)Cc1ccc(Cl)s1. The van der Waals surface area contributed by atoms with Crippen LogP contribution in [-0.4, -0.2) is 24.5 Å². The summed E-state index contributed by atoms with van der Waals surface area (Å²) in [7, 11) is 2.12. The van der Waals surface area contributed by atoms with Gasteiger partial charge in [-0.2, -0.15) is 0 Å². The van der Waals surface area contributed by atoms with Gasteiger partial charge >= 0.3 is 0 Å². The lowest BCUT2D eigenvalue weighted by molar-refractivity contribution is 0.312. The van der Waals surface area contributed by atoms with Crippen molar-refractivity contribution in [1.29, 1.82) is 0 Å². The molecule has 0 saturated carbocycles. The number of thiophene rings is 1. The Balaban J connectivity index is 2.27. The topological polar surface area (TPSA) is 29.3 Å². The van der Waals surface area contributed by atoms with Gasteiger partial charge in [-0.15, -0.1) is 11.3 Å². The van der Waals surface area contributed by atoms with E-state index in [0.717, 1.165) is 30.3 Å². The predicted octanol–water partition coefficient (Wildman–Crippen LogP) is 2.96. The van der Waals surface area contributed by atoms with Crippen molar-refractivity contribution in [3.63, 3.8) is 0 Å². The van der Waals surface area contributed by atoms with Crippen LogP contribution in [0.25, 0.3) is 0 Å². The highest BCUT2D eigenvalue weighted by molar-refractivity contribution is 7.16. The van der Waals surface area contributed by atoms with Crippen LogP contribution in [0.15, 0.2) is 12.1 Å². The van der Waals surface area contributed by atoms with Crippen molar-refractivity contribution >= 4 is 22.9 Å². The minimum absolute atomic E-state index is 0.333. The smallest absolute Gasteiger partial charge is 0.0931 e. The molecule has 1 aromatic rings. The van der Waals surface area contributed by atoms with Crippen molar-refractivity contribution in [2.24, 2.45) is 5.73 Å². The van der Waals surface area contributed by atoms with Crippen molar-refractivity contribution in [3.8, 4) is 0 Å². The van der Waals surface area contributed by atoms with Gasteiger partial charge in [0.2, 0.25) is 0 Å². The van der Waals surface area contributed by atoms with Crippen LogP contribution >= 0.6 is 22.9 Å². The van der Waals surface area contributed by atoms with Crippen LogP contribution in [0.4, 0.5) is 0 Å². The summed E-state index contributed by atoms with van der Waals surface area (Å²) in [6.07, 6.45) is 2.12. The highest BCUT2D eigenvalue weighted by Gasteiger charge is 2.05. The normalized spacial score (nSPS) is 13.4. The van der Waals surface area contributed by atoms with Crippen molar-refractivity contribution in [2.75, 3.05) is 13.6 Å². The molecular weight excluding hydrogens is 228 g/mol. The molecule has 0 aliphatic carbocycles. The Hall–Kier alpha value is -0.0900. The fourth-order valence-electron chi connectivity index (χ4n) is 1.37. The number of nitrogens with zero attached hydrogens (tertiary/aromatic N) is 1. The van der Waals surface area contributed by atoms with Crippen LogP contribution in [0.1, 0.15) is 24.6 Å². The standard InChI is InChI=1S/C11H19ClN2S/c1-3-9(13)6-7-14(2)8-10-4-5-11(12)15-10/h4-5,9H,3,6-8,13H2,1-2H3. The van der Waals surface area contributed by atoms with E-state index in [1.807, 2.05) is 6.07 Å². The summed E-state index contributed by atoms with van der Waals surface area (Å²) in [5.41, 5.74) is 5.87. The maximum absolute atomic E-state index is 5.87. The van der Waals surface area contributed by atoms with Gasteiger partial charge in [-0.1, -0.05) is 18.5 Å². The first kappa shape index (κ1) is 13.0. The van der Waals surface area contributed by atoms with E-state index in [2.05, 4.69) is 24.9 Å². The Labute approximate surface area is 101 Å². The monoisotopic (exact) mass is 246 g/mol. The second-order valence-corrected chi connectivity index (χ2v) is 5.70. The average molecular weight is 247 g/mol. The molecule has 0 aliphatic heterocycles. The molecule has 0 aliphatic rings. The summed E-state index contributed by atoms with van der Waals surface area (Å²) >= 11 is 7.52. The van der Waals surface area contributed by atoms with Crippen LogP contribution in [0.5, 0.6) is 0 Å². The summed E-state index contributed by atoms with van der Waals surface area (Å²) in [6, 6.07) is 4.37. The van der Waals surface area contributed by atoms with Crippen LogP contribution < -0.4 is 5.73 Å². The first-order chi connectivity index (χ1) is 7.11. The second-order valence-electron chi connectivity index (χ2n) is 3.90. The van der Waals surface area contributed by atoms with E-state index in [1.165, 1.54) is 4.88 Å². The highest BCUT2D eigenvalue weighted by atomic mass is 35.5. The second kappa shape index (κ2) is 6.48. The van der Waals surface area contributed by atoms with Crippen molar-refractivity contribution < 1.29 is 0 Å². The summed E-state index contributed by atoms with van der Waals surface area (Å²) in [5.74, 6) is 0. The molecule has 1 heterocycles. The molecule has 86 valence electrons. The Morgan fingerprint density at radius 1 is 1.53 bits per heavy atom. The Bertz CT molecular complexity index is 288. The Morgan fingerprint density at radius 3 is 2.80 bits per heavy atom. The van der Waals surface area contributed by atoms with E-state index in [0.29, 0.717) is 6.04 Å². The number of hydrogen-bond acceptors (Lipinski definition) is 3. The molecule has 0 spiro atoms. The molecule has 1 rings (SSSR count). The summed E-state index contributed by atoms with van der Waals surface area (Å²) < 4.78 is 0.864. The quantitative estimate of drug-likeness (QED) is 0.836. The third-order valence-corrected chi connectivity index (χ3v) is 3.68.